The Bertz CT molecular complexity index is 1270. The maximum absolute atomic E-state index is 13.7. The zero-order valence-electron chi connectivity index (χ0n) is 21.3. The number of ether oxygens (including phenoxy) is 1. The van der Waals surface area contributed by atoms with Gasteiger partial charge in [0, 0.05) is 13.1 Å². The summed E-state index contributed by atoms with van der Waals surface area (Å²) in [6, 6.07) is 23.3. The van der Waals surface area contributed by atoms with Gasteiger partial charge in [0.15, 0.2) is 0 Å². The molecule has 0 fully saturated rings. The van der Waals surface area contributed by atoms with Crippen molar-refractivity contribution in [2.45, 2.75) is 31.2 Å². The van der Waals surface area contributed by atoms with Crippen LogP contribution in [0.5, 0.6) is 5.75 Å². The standard InChI is InChI=1S/C28H33N3O5S/c1-4-29-28(33)22(2)30(20-19-23-11-7-5-8-12-23)27(32)21-31(24-13-9-6-10-14-24)37(34,35)26-17-15-25(36-3)16-18-26/h5-18,22H,4,19-21H2,1-3H3,(H,29,33)/t22-/m0/s1. The van der Waals surface area contributed by atoms with Gasteiger partial charge in [-0.05, 0) is 62.2 Å². The van der Waals surface area contributed by atoms with Crippen LogP contribution in [0.3, 0.4) is 0 Å². The highest BCUT2D eigenvalue weighted by molar-refractivity contribution is 7.92. The molecule has 9 heteroatoms. The molecule has 37 heavy (non-hydrogen) atoms. The van der Waals surface area contributed by atoms with Crippen molar-refractivity contribution < 1.29 is 22.7 Å². The van der Waals surface area contributed by atoms with Gasteiger partial charge in [0.25, 0.3) is 10.0 Å². The normalized spacial score (nSPS) is 11.9. The Morgan fingerprint density at radius 2 is 1.51 bits per heavy atom. The van der Waals surface area contributed by atoms with Gasteiger partial charge in [0.05, 0.1) is 17.7 Å². The summed E-state index contributed by atoms with van der Waals surface area (Å²) >= 11 is 0. The van der Waals surface area contributed by atoms with E-state index in [0.29, 0.717) is 24.4 Å². The van der Waals surface area contributed by atoms with Gasteiger partial charge in [-0.3, -0.25) is 13.9 Å². The van der Waals surface area contributed by atoms with E-state index in [2.05, 4.69) is 5.32 Å². The molecule has 0 unspecified atom stereocenters. The molecular weight excluding hydrogens is 490 g/mol. The van der Waals surface area contributed by atoms with Crippen molar-refractivity contribution in [2.75, 3.05) is 31.0 Å². The molecule has 3 aromatic carbocycles. The second-order valence-corrected chi connectivity index (χ2v) is 10.3. The smallest absolute Gasteiger partial charge is 0.264 e. The van der Waals surface area contributed by atoms with Crippen LogP contribution in [-0.2, 0) is 26.0 Å². The van der Waals surface area contributed by atoms with E-state index >= 15 is 0 Å². The Hall–Kier alpha value is -3.85. The number of para-hydroxylation sites is 1. The third kappa shape index (κ3) is 7.10. The molecule has 0 aliphatic carbocycles. The summed E-state index contributed by atoms with van der Waals surface area (Å²) in [5.74, 6) is -0.257. The minimum absolute atomic E-state index is 0.0255. The number of likely N-dealkylation sites (N-methyl/N-ethyl adjacent to an activating group) is 1. The Labute approximate surface area is 218 Å². The van der Waals surface area contributed by atoms with Crippen molar-refractivity contribution in [1.82, 2.24) is 10.2 Å². The van der Waals surface area contributed by atoms with Crippen molar-refractivity contribution in [3.8, 4) is 5.75 Å². The van der Waals surface area contributed by atoms with Gasteiger partial charge in [0.1, 0.15) is 18.3 Å². The van der Waals surface area contributed by atoms with Gasteiger partial charge in [0.2, 0.25) is 11.8 Å². The van der Waals surface area contributed by atoms with E-state index in [-0.39, 0.29) is 17.3 Å². The van der Waals surface area contributed by atoms with Crippen molar-refractivity contribution in [1.29, 1.82) is 0 Å². The number of carbonyl (C=O) groups excluding carboxylic acids is 2. The number of carbonyl (C=O) groups is 2. The van der Waals surface area contributed by atoms with Crippen LogP contribution in [0.15, 0.2) is 89.8 Å². The number of amides is 2. The molecule has 0 spiro atoms. The molecule has 3 aromatic rings. The Morgan fingerprint density at radius 1 is 0.919 bits per heavy atom. The van der Waals surface area contributed by atoms with Gasteiger partial charge in [-0.15, -0.1) is 0 Å². The van der Waals surface area contributed by atoms with E-state index in [0.717, 1.165) is 9.87 Å². The largest absolute Gasteiger partial charge is 0.497 e. The third-order valence-corrected chi connectivity index (χ3v) is 7.76. The predicted octanol–water partition coefficient (Wildman–Crippen LogP) is 3.49. The summed E-state index contributed by atoms with van der Waals surface area (Å²) < 4.78 is 33.7. The molecule has 2 amide bonds. The van der Waals surface area contributed by atoms with Crippen LogP contribution in [0, 0.1) is 0 Å². The molecule has 0 aliphatic rings. The lowest BCUT2D eigenvalue weighted by Crippen LogP contribution is -2.52. The van der Waals surface area contributed by atoms with Crippen LogP contribution >= 0.6 is 0 Å². The van der Waals surface area contributed by atoms with Crippen LogP contribution in [0.1, 0.15) is 19.4 Å². The number of hydrogen-bond acceptors (Lipinski definition) is 5. The molecule has 1 atom stereocenters. The fraction of sp³-hybridized carbons (Fsp3) is 0.286. The molecule has 196 valence electrons. The molecule has 8 nitrogen and oxygen atoms in total. The van der Waals surface area contributed by atoms with Crippen molar-refractivity contribution in [2.24, 2.45) is 0 Å². The predicted molar refractivity (Wildman–Crippen MR) is 144 cm³/mol. The molecular formula is C28H33N3O5S. The first-order chi connectivity index (χ1) is 17.8. The summed E-state index contributed by atoms with van der Waals surface area (Å²) in [6.45, 7) is 3.67. The SMILES string of the molecule is CCNC(=O)[C@H](C)N(CCc1ccccc1)C(=O)CN(c1ccccc1)S(=O)(=O)c1ccc(OC)cc1. The highest BCUT2D eigenvalue weighted by atomic mass is 32.2. The van der Waals surface area contributed by atoms with E-state index in [1.54, 1.807) is 56.3 Å². The lowest BCUT2D eigenvalue weighted by Gasteiger charge is -2.32. The van der Waals surface area contributed by atoms with Gasteiger partial charge >= 0.3 is 0 Å². The van der Waals surface area contributed by atoms with Gasteiger partial charge in [-0.1, -0.05) is 48.5 Å². The van der Waals surface area contributed by atoms with Crippen LogP contribution < -0.4 is 14.4 Å². The number of methoxy groups -OCH3 is 1. The molecule has 0 saturated heterocycles. The summed E-state index contributed by atoms with van der Waals surface area (Å²) in [4.78, 5) is 27.9. The lowest BCUT2D eigenvalue weighted by atomic mass is 10.1. The second kappa shape index (κ2) is 12.9. The number of hydrogen-bond donors (Lipinski definition) is 1. The van der Waals surface area contributed by atoms with E-state index in [4.69, 9.17) is 4.74 Å². The second-order valence-electron chi connectivity index (χ2n) is 8.42. The number of nitrogens with zero attached hydrogens (tertiary/aromatic N) is 2. The van der Waals surface area contributed by atoms with E-state index in [1.165, 1.54) is 24.1 Å². The zero-order valence-corrected chi connectivity index (χ0v) is 22.1. The molecule has 0 aliphatic heterocycles. The summed E-state index contributed by atoms with van der Waals surface area (Å²) in [6.07, 6.45) is 0.521. The highest BCUT2D eigenvalue weighted by Gasteiger charge is 2.32. The molecule has 0 bridgehead atoms. The fourth-order valence-corrected chi connectivity index (χ4v) is 5.30. The first kappa shape index (κ1) is 27.7. The first-order valence-electron chi connectivity index (χ1n) is 12.1. The van der Waals surface area contributed by atoms with Crippen LogP contribution in [0.4, 0.5) is 5.69 Å². The van der Waals surface area contributed by atoms with Crippen LogP contribution in [0.2, 0.25) is 0 Å². The van der Waals surface area contributed by atoms with Crippen molar-refractivity contribution in [3.05, 3.63) is 90.5 Å². The molecule has 0 heterocycles. The molecule has 3 rings (SSSR count). The van der Waals surface area contributed by atoms with Crippen molar-refractivity contribution in [3.63, 3.8) is 0 Å². The number of sulfonamides is 1. The van der Waals surface area contributed by atoms with Gasteiger partial charge < -0.3 is 15.0 Å². The van der Waals surface area contributed by atoms with E-state index < -0.39 is 28.5 Å². The third-order valence-electron chi connectivity index (χ3n) is 5.97. The Kier molecular flexibility index (Phi) is 9.68. The topological polar surface area (TPSA) is 96.0 Å². The summed E-state index contributed by atoms with van der Waals surface area (Å²) in [7, 11) is -2.60. The molecule has 0 saturated carbocycles. The maximum Gasteiger partial charge on any atom is 0.264 e. The summed E-state index contributed by atoms with van der Waals surface area (Å²) in [5.41, 5.74) is 1.36. The maximum atomic E-state index is 13.7. The minimum atomic E-state index is -4.10. The van der Waals surface area contributed by atoms with E-state index in [9.17, 15) is 18.0 Å². The monoisotopic (exact) mass is 523 g/mol. The average molecular weight is 524 g/mol. The van der Waals surface area contributed by atoms with Gasteiger partial charge in [-0.25, -0.2) is 8.42 Å². The quantitative estimate of drug-likeness (QED) is 0.392. The zero-order chi connectivity index (χ0) is 26.8. The average Bonchev–Trinajstić information content (AvgIpc) is 2.92. The minimum Gasteiger partial charge on any atom is -0.497 e. The van der Waals surface area contributed by atoms with Crippen LogP contribution in [0.25, 0.3) is 0 Å². The number of benzene rings is 3. The first-order valence-corrected chi connectivity index (χ1v) is 13.5. The molecule has 0 aromatic heterocycles. The van der Waals surface area contributed by atoms with E-state index in [1.807, 2.05) is 30.3 Å². The Balaban J connectivity index is 1.94. The van der Waals surface area contributed by atoms with Crippen molar-refractivity contribution >= 4 is 27.5 Å². The van der Waals surface area contributed by atoms with Crippen LogP contribution in [-0.4, -0.2) is 57.9 Å². The highest BCUT2D eigenvalue weighted by Crippen LogP contribution is 2.25. The lowest BCUT2D eigenvalue weighted by molar-refractivity contribution is -0.138. The molecule has 1 N–H and O–H groups in total. The van der Waals surface area contributed by atoms with Gasteiger partial charge in [-0.2, -0.15) is 0 Å². The number of nitrogens with one attached hydrogen (secondary N) is 1. The number of anilines is 1. The molecule has 0 radical (unpaired) electrons. The fourth-order valence-electron chi connectivity index (χ4n) is 3.89. The Morgan fingerprint density at radius 3 is 2.08 bits per heavy atom. The summed E-state index contributed by atoms with van der Waals surface area (Å²) in [5, 5.41) is 2.75. The number of rotatable bonds is 12.